The lowest BCUT2D eigenvalue weighted by Crippen LogP contribution is -2.32. The summed E-state index contributed by atoms with van der Waals surface area (Å²) in [6, 6.07) is 0. The Morgan fingerprint density at radius 3 is 1.27 bits per heavy atom. The molecular weight excluding hydrogens is 436 g/mol. The molecule has 0 aliphatic heterocycles. The van der Waals surface area contributed by atoms with Gasteiger partial charge < -0.3 is 0 Å². The van der Waals surface area contributed by atoms with Crippen molar-refractivity contribution in [1.82, 2.24) is 0 Å². The Kier molecular flexibility index (Phi) is 21.3. The van der Waals surface area contributed by atoms with Crippen molar-refractivity contribution >= 4 is 21.7 Å². The molecule has 0 aromatic carbocycles. The van der Waals surface area contributed by atoms with Gasteiger partial charge in [-0.25, -0.2) is 0 Å². The molecule has 0 spiro atoms. The minimum atomic E-state index is -4.54. The second-order valence-electron chi connectivity index (χ2n) is 9.72. The molecule has 1 N–H and O–H groups in total. The summed E-state index contributed by atoms with van der Waals surface area (Å²) in [5.41, 5.74) is 0. The minimum Gasteiger partial charge on any atom is -0.300 e. The third kappa shape index (κ3) is 20.3. The van der Waals surface area contributed by atoms with Crippen molar-refractivity contribution in [2.75, 3.05) is 0 Å². The molecule has 0 radical (unpaired) electrons. The highest BCUT2D eigenvalue weighted by Gasteiger charge is 2.32. The maximum Gasteiger partial charge on any atom is 0.275 e. The van der Waals surface area contributed by atoms with Gasteiger partial charge >= 0.3 is 0 Å². The first kappa shape index (κ1) is 32.2. The zero-order valence-corrected chi connectivity index (χ0v) is 22.4. The van der Waals surface area contributed by atoms with Crippen molar-refractivity contribution in [3.63, 3.8) is 0 Å². The van der Waals surface area contributed by atoms with Crippen LogP contribution >= 0.6 is 0 Å². The molecule has 0 aromatic rings. The largest absolute Gasteiger partial charge is 0.300 e. The Balaban J connectivity index is 3.99. The predicted octanol–water partition coefficient (Wildman–Crippen LogP) is 8.00. The second kappa shape index (κ2) is 21.8. The third-order valence-electron chi connectivity index (χ3n) is 6.47. The van der Waals surface area contributed by atoms with E-state index >= 15 is 0 Å². The Hall–Kier alpha value is -0.750. The summed E-state index contributed by atoms with van der Waals surface area (Å²) in [6.45, 7) is 4.41. The molecular formula is C27H52O5S. The van der Waals surface area contributed by atoms with E-state index in [-0.39, 0.29) is 25.0 Å². The Morgan fingerprint density at radius 2 is 0.909 bits per heavy atom. The summed E-state index contributed by atoms with van der Waals surface area (Å²) in [7, 11) is -4.54. The zero-order chi connectivity index (χ0) is 24.8. The Labute approximate surface area is 204 Å². The van der Waals surface area contributed by atoms with E-state index in [0.29, 0.717) is 6.42 Å². The van der Waals surface area contributed by atoms with Gasteiger partial charge in [-0.1, -0.05) is 123 Å². The molecule has 0 aliphatic rings. The summed E-state index contributed by atoms with van der Waals surface area (Å²) in [5, 5.41) is -1.58. The lowest BCUT2D eigenvalue weighted by atomic mass is 10.0. The van der Waals surface area contributed by atoms with Crippen LogP contribution in [0.4, 0.5) is 0 Å². The fourth-order valence-electron chi connectivity index (χ4n) is 4.27. The molecule has 0 saturated heterocycles. The van der Waals surface area contributed by atoms with Crippen LogP contribution in [0.1, 0.15) is 155 Å². The Morgan fingerprint density at radius 1 is 0.576 bits per heavy atom. The van der Waals surface area contributed by atoms with Crippen LogP contribution in [0.3, 0.4) is 0 Å². The zero-order valence-electron chi connectivity index (χ0n) is 21.6. The fraction of sp³-hybridized carbons (Fsp3) is 0.926. The average molecular weight is 489 g/mol. The number of Topliss-reactive ketones (excluding diaryl/α,β-unsaturated/α-hetero) is 2. The maximum atomic E-state index is 12.4. The van der Waals surface area contributed by atoms with Crippen molar-refractivity contribution in [1.29, 1.82) is 0 Å². The summed E-state index contributed by atoms with van der Waals surface area (Å²) in [4.78, 5) is 24.6. The van der Waals surface area contributed by atoms with E-state index in [2.05, 4.69) is 13.8 Å². The van der Waals surface area contributed by atoms with Gasteiger partial charge in [-0.2, -0.15) is 8.42 Å². The summed E-state index contributed by atoms with van der Waals surface area (Å²) < 4.78 is 32.9. The molecule has 0 fully saturated rings. The number of carbonyl (C=O) groups is 2. The number of carbonyl (C=O) groups excluding carboxylic acids is 2. The first-order valence-corrected chi connectivity index (χ1v) is 15.3. The van der Waals surface area contributed by atoms with Crippen LogP contribution < -0.4 is 0 Å². The van der Waals surface area contributed by atoms with Crippen molar-refractivity contribution < 1.29 is 22.6 Å². The average Bonchev–Trinajstić information content (AvgIpc) is 2.76. The van der Waals surface area contributed by atoms with E-state index in [1.807, 2.05) is 0 Å². The molecule has 1 unspecified atom stereocenters. The maximum absolute atomic E-state index is 12.4. The van der Waals surface area contributed by atoms with Crippen molar-refractivity contribution in [3.05, 3.63) is 0 Å². The lowest BCUT2D eigenvalue weighted by molar-refractivity contribution is -0.124. The van der Waals surface area contributed by atoms with Crippen molar-refractivity contribution in [2.24, 2.45) is 0 Å². The molecule has 33 heavy (non-hydrogen) atoms. The van der Waals surface area contributed by atoms with Crippen LogP contribution in [-0.2, 0) is 19.7 Å². The molecule has 0 amide bonds. The molecule has 0 saturated carbocycles. The van der Waals surface area contributed by atoms with Gasteiger partial charge in [-0.15, -0.1) is 0 Å². The molecule has 196 valence electrons. The van der Waals surface area contributed by atoms with Gasteiger partial charge in [0.2, 0.25) is 0 Å². The third-order valence-corrected chi connectivity index (χ3v) is 7.62. The minimum absolute atomic E-state index is 0.117. The quantitative estimate of drug-likeness (QED) is 0.104. The SMILES string of the molecule is CCCCCCCCCCCCC(=O)CC(C(=O)CCCCCCCCCCC)S(=O)(=O)O. The molecule has 6 heteroatoms. The number of hydrogen-bond donors (Lipinski definition) is 1. The summed E-state index contributed by atoms with van der Waals surface area (Å²) >= 11 is 0. The summed E-state index contributed by atoms with van der Waals surface area (Å²) in [6.07, 6.45) is 21.6. The van der Waals surface area contributed by atoms with Gasteiger partial charge in [0.05, 0.1) is 0 Å². The lowest BCUT2D eigenvalue weighted by Gasteiger charge is -2.12. The van der Waals surface area contributed by atoms with Crippen molar-refractivity contribution in [3.8, 4) is 0 Å². The van der Waals surface area contributed by atoms with E-state index in [4.69, 9.17) is 0 Å². The predicted molar refractivity (Wildman–Crippen MR) is 138 cm³/mol. The van der Waals surface area contributed by atoms with E-state index in [1.54, 1.807) is 0 Å². The van der Waals surface area contributed by atoms with Gasteiger partial charge in [0.15, 0.2) is 11.0 Å². The van der Waals surface area contributed by atoms with Gasteiger partial charge in [0.1, 0.15) is 5.78 Å². The number of hydrogen-bond acceptors (Lipinski definition) is 4. The summed E-state index contributed by atoms with van der Waals surface area (Å²) in [5.74, 6) is -0.755. The van der Waals surface area contributed by atoms with Gasteiger partial charge in [0.25, 0.3) is 10.1 Å². The second-order valence-corrected chi connectivity index (χ2v) is 11.3. The van der Waals surface area contributed by atoms with Crippen LogP contribution in [0.15, 0.2) is 0 Å². The van der Waals surface area contributed by atoms with Crippen LogP contribution in [0.5, 0.6) is 0 Å². The van der Waals surface area contributed by atoms with Gasteiger partial charge in [0, 0.05) is 19.3 Å². The van der Waals surface area contributed by atoms with E-state index in [9.17, 15) is 22.6 Å². The molecule has 5 nitrogen and oxygen atoms in total. The van der Waals surface area contributed by atoms with E-state index in [0.717, 1.165) is 38.5 Å². The molecule has 1 atom stereocenters. The highest BCUT2D eigenvalue weighted by Crippen LogP contribution is 2.17. The van der Waals surface area contributed by atoms with E-state index in [1.165, 1.54) is 77.0 Å². The molecule has 0 aromatic heterocycles. The van der Waals surface area contributed by atoms with Gasteiger partial charge in [-0.05, 0) is 12.8 Å². The van der Waals surface area contributed by atoms with Crippen LogP contribution in [-0.4, -0.2) is 29.8 Å². The smallest absolute Gasteiger partial charge is 0.275 e. The van der Waals surface area contributed by atoms with E-state index < -0.39 is 21.2 Å². The normalized spacial score (nSPS) is 12.7. The van der Waals surface area contributed by atoms with Crippen LogP contribution in [0.25, 0.3) is 0 Å². The standard InChI is InChI=1S/C27H52O5S/c1-3-5-7-9-11-13-15-16-18-20-22-25(28)24-27(33(30,31)32)26(29)23-21-19-17-14-12-10-8-6-4-2/h27H,3-24H2,1-2H3,(H,30,31,32). The number of rotatable bonds is 25. The first-order chi connectivity index (χ1) is 15.8. The van der Waals surface area contributed by atoms with Crippen LogP contribution in [0.2, 0.25) is 0 Å². The van der Waals surface area contributed by atoms with Crippen molar-refractivity contribution in [2.45, 2.75) is 160 Å². The Bertz CT molecular complexity index is 585. The fourth-order valence-corrected chi connectivity index (χ4v) is 5.12. The molecule has 0 bridgehead atoms. The number of unbranched alkanes of at least 4 members (excludes halogenated alkanes) is 17. The molecule has 0 rings (SSSR count). The topological polar surface area (TPSA) is 88.5 Å². The monoisotopic (exact) mass is 488 g/mol. The number of ketones is 2. The van der Waals surface area contributed by atoms with Crippen LogP contribution in [0, 0.1) is 0 Å². The highest BCUT2D eigenvalue weighted by molar-refractivity contribution is 7.87. The highest BCUT2D eigenvalue weighted by atomic mass is 32.2. The van der Waals surface area contributed by atoms with Gasteiger partial charge in [-0.3, -0.25) is 14.1 Å². The molecule has 0 aliphatic carbocycles. The molecule has 0 heterocycles. The first-order valence-electron chi connectivity index (χ1n) is 13.8.